The fraction of sp³-hybridized carbons (Fsp3) is 0.583. The van der Waals surface area contributed by atoms with E-state index in [0.29, 0.717) is 24.6 Å². The van der Waals surface area contributed by atoms with Crippen LogP contribution >= 0.6 is 11.8 Å². The molecule has 0 radical (unpaired) electrons. The number of alkyl halides is 2. The zero-order chi connectivity index (χ0) is 30.7. The van der Waals surface area contributed by atoms with Gasteiger partial charge in [-0.2, -0.15) is 11.8 Å². The van der Waals surface area contributed by atoms with Crippen molar-refractivity contribution in [3.63, 3.8) is 0 Å². The first kappa shape index (κ1) is 37.3. The summed E-state index contributed by atoms with van der Waals surface area (Å²) in [5.74, 6) is 1.60. The molecule has 1 aromatic heterocycles. The number of nitrogens with zero attached hydrogens (tertiary/aromatic N) is 4. The number of aryl methyl sites for hydroxylation is 1. The molecule has 0 unspecified atom stereocenters. The van der Waals surface area contributed by atoms with Crippen LogP contribution in [0.2, 0.25) is 0 Å². The summed E-state index contributed by atoms with van der Waals surface area (Å²) in [7, 11) is 0. The Morgan fingerprint density at radius 1 is 0.978 bits per heavy atom. The van der Waals surface area contributed by atoms with Crippen LogP contribution in [-0.4, -0.2) is 65.6 Å². The summed E-state index contributed by atoms with van der Waals surface area (Å²) < 4.78 is 31.8. The SMILES string of the molecule is C=C1C(C2CCSCC2)=Cc2c3nc(C)nc2N1CCNCCCCCN1CCC(CC1)C(F)(F)c1cccc(c1)[C@@H](C)N3.[CH3-].[Na+]. The van der Waals surface area contributed by atoms with Crippen LogP contribution in [-0.2, 0) is 5.92 Å². The van der Waals surface area contributed by atoms with E-state index in [2.05, 4.69) is 33.1 Å². The third-order valence-electron chi connectivity index (χ3n) is 9.98. The van der Waals surface area contributed by atoms with Gasteiger partial charge in [0, 0.05) is 36.3 Å². The molecule has 0 spiro atoms. The van der Waals surface area contributed by atoms with Crippen LogP contribution in [0.15, 0.2) is 42.1 Å². The fourth-order valence-corrected chi connectivity index (χ4v) is 8.38. The summed E-state index contributed by atoms with van der Waals surface area (Å²) in [4.78, 5) is 14.5. The fourth-order valence-electron chi connectivity index (χ4n) is 7.28. The Morgan fingerprint density at radius 2 is 1.74 bits per heavy atom. The van der Waals surface area contributed by atoms with Gasteiger partial charge in [-0.05, 0) is 119 Å². The third kappa shape index (κ3) is 8.38. The van der Waals surface area contributed by atoms with Crippen molar-refractivity contribution in [3.8, 4) is 0 Å². The molecule has 6 heterocycles. The van der Waals surface area contributed by atoms with Crippen LogP contribution in [0.5, 0.6) is 0 Å². The van der Waals surface area contributed by atoms with Crippen molar-refractivity contribution < 1.29 is 38.3 Å². The van der Waals surface area contributed by atoms with E-state index in [1.807, 2.05) is 31.7 Å². The molecule has 1 atom stereocenters. The summed E-state index contributed by atoms with van der Waals surface area (Å²) in [6.45, 7) is 13.7. The van der Waals surface area contributed by atoms with Crippen LogP contribution in [0.25, 0.3) is 6.08 Å². The minimum Gasteiger partial charge on any atom is -0.363 e. The first-order valence-corrected chi connectivity index (χ1v) is 17.8. The summed E-state index contributed by atoms with van der Waals surface area (Å²) in [5, 5.41) is 7.28. The first-order chi connectivity index (χ1) is 21.3. The molecule has 6 nitrogen and oxygen atoms in total. The van der Waals surface area contributed by atoms with Crippen molar-refractivity contribution in [3.05, 3.63) is 72.1 Å². The van der Waals surface area contributed by atoms with Crippen molar-refractivity contribution in [1.82, 2.24) is 20.2 Å². The number of fused-ring (bicyclic) bond motifs is 10. The van der Waals surface area contributed by atoms with Crippen molar-refractivity contribution >= 4 is 29.5 Å². The van der Waals surface area contributed by atoms with Crippen LogP contribution in [0.4, 0.5) is 20.4 Å². The number of anilines is 2. The summed E-state index contributed by atoms with van der Waals surface area (Å²) in [6, 6.07) is 6.82. The maximum atomic E-state index is 15.9. The van der Waals surface area contributed by atoms with Gasteiger partial charge >= 0.3 is 29.6 Å². The Morgan fingerprint density at radius 3 is 2.50 bits per heavy atom. The van der Waals surface area contributed by atoms with Crippen LogP contribution in [0.3, 0.4) is 0 Å². The van der Waals surface area contributed by atoms with Crippen molar-refractivity contribution in [1.29, 1.82) is 0 Å². The van der Waals surface area contributed by atoms with E-state index in [9.17, 15) is 0 Å². The quantitative estimate of drug-likeness (QED) is 0.335. The number of thioether (sulfide) groups is 1. The predicted molar refractivity (Wildman–Crippen MR) is 186 cm³/mol. The molecule has 2 N–H and O–H groups in total. The number of halogens is 2. The van der Waals surface area contributed by atoms with E-state index in [1.54, 1.807) is 18.2 Å². The summed E-state index contributed by atoms with van der Waals surface area (Å²) >= 11 is 2.03. The second kappa shape index (κ2) is 16.8. The molecule has 0 aliphatic carbocycles. The van der Waals surface area contributed by atoms with Gasteiger partial charge < -0.3 is 27.9 Å². The second-order valence-corrected chi connectivity index (χ2v) is 14.2. The number of hydrogen-bond acceptors (Lipinski definition) is 7. The number of piperidine rings is 1. The number of allylic oxidation sites excluding steroid dienone is 1. The van der Waals surface area contributed by atoms with E-state index < -0.39 is 11.8 Å². The number of nitrogens with one attached hydrogen (secondary N) is 2. The smallest absolute Gasteiger partial charge is 0.363 e. The van der Waals surface area contributed by atoms with E-state index in [1.165, 1.54) is 5.57 Å². The van der Waals surface area contributed by atoms with Crippen LogP contribution < -0.4 is 45.1 Å². The second-order valence-electron chi connectivity index (χ2n) is 13.0. The average Bonchev–Trinajstić information content (AvgIpc) is 3.03. The molecule has 2 saturated heterocycles. The predicted octanol–water partition coefficient (Wildman–Crippen LogP) is 4.85. The Labute approximate surface area is 302 Å². The zero-order valence-electron chi connectivity index (χ0n) is 28.4. The topological polar surface area (TPSA) is 56.3 Å². The molecule has 8 bridgehead atoms. The molecular weight excluding hydrogens is 609 g/mol. The number of hydrogen-bond donors (Lipinski definition) is 2. The monoisotopic (exact) mass is 660 g/mol. The van der Waals surface area contributed by atoms with Gasteiger partial charge in [0.05, 0.1) is 5.56 Å². The van der Waals surface area contributed by atoms with Gasteiger partial charge in [-0.1, -0.05) is 31.2 Å². The maximum Gasteiger partial charge on any atom is 1.00 e. The Kier molecular flexibility index (Phi) is 13.6. The molecule has 2 aromatic rings. The molecule has 0 saturated carbocycles. The molecule has 10 heteroatoms. The standard InChI is InChI=1S/C35H48F2N6S.CH3.Na/c1-24-28-8-7-9-30(22-28)35(36,37)29-10-17-42(18-11-29)16-6-4-5-14-38-15-19-43-25(2)31(27-12-20-44-21-13-27)23-32-33(39-24)40-26(3)41-34(32)43;;/h7-9,22-24,27,29,38H,2,4-6,10-21H2,1,3H3,(H,39,40,41);1H3;/q;-1;+1/t24-;;/m1../s1. The summed E-state index contributed by atoms with van der Waals surface area (Å²) in [5.41, 5.74) is 4.25. The van der Waals surface area contributed by atoms with Crippen molar-refractivity contribution in [2.24, 2.45) is 11.8 Å². The number of aromatic nitrogens is 2. The molecule has 5 aliphatic heterocycles. The van der Waals surface area contributed by atoms with E-state index in [4.69, 9.17) is 9.97 Å². The molecule has 0 amide bonds. The Hall–Kier alpha value is -1.49. The Balaban J connectivity index is 0.00000240. The van der Waals surface area contributed by atoms with Gasteiger partial charge in [-0.15, -0.1) is 0 Å². The maximum absolute atomic E-state index is 15.9. The normalized spacial score (nSPS) is 25.9. The van der Waals surface area contributed by atoms with Gasteiger partial charge in [0.2, 0.25) is 0 Å². The molecule has 7 rings (SSSR count). The van der Waals surface area contributed by atoms with Crippen molar-refractivity contribution in [2.45, 2.75) is 70.8 Å². The van der Waals surface area contributed by atoms with Gasteiger partial charge in [-0.25, -0.2) is 18.7 Å². The largest absolute Gasteiger partial charge is 1.00 e. The minimum atomic E-state index is -2.86. The average molecular weight is 661 g/mol. The van der Waals surface area contributed by atoms with Crippen molar-refractivity contribution in [2.75, 3.05) is 61.0 Å². The molecule has 46 heavy (non-hydrogen) atoms. The van der Waals surface area contributed by atoms with Crippen LogP contribution in [0, 0.1) is 26.2 Å². The van der Waals surface area contributed by atoms with E-state index in [0.717, 1.165) is 111 Å². The van der Waals surface area contributed by atoms with E-state index >= 15 is 8.78 Å². The van der Waals surface area contributed by atoms with Gasteiger partial charge in [-0.3, -0.25) is 0 Å². The molecular formula is C36H51F2N6NaS. The molecule has 1 aromatic carbocycles. The third-order valence-corrected chi connectivity index (χ3v) is 11.0. The van der Waals surface area contributed by atoms with E-state index in [-0.39, 0.29) is 48.6 Å². The minimum absolute atomic E-state index is 0. The van der Waals surface area contributed by atoms with Gasteiger partial charge in [0.1, 0.15) is 17.5 Å². The number of rotatable bonds is 1. The molecule has 2 fully saturated rings. The van der Waals surface area contributed by atoms with Gasteiger partial charge in [0.15, 0.2) is 0 Å². The van der Waals surface area contributed by atoms with Gasteiger partial charge in [0.25, 0.3) is 5.92 Å². The molecule has 5 aliphatic rings. The number of benzene rings is 1. The van der Waals surface area contributed by atoms with Crippen LogP contribution in [0.1, 0.15) is 80.4 Å². The first-order valence-electron chi connectivity index (χ1n) is 16.6. The summed E-state index contributed by atoms with van der Waals surface area (Å²) in [6.07, 6.45) is 8.97. The Bertz CT molecular complexity index is 1360. The zero-order valence-corrected chi connectivity index (χ0v) is 31.2. The molecule has 246 valence electrons.